The molecule has 1 aromatic carbocycles. The van der Waals surface area contributed by atoms with Crippen LogP contribution in [-0.2, 0) is 26.2 Å². The van der Waals surface area contributed by atoms with Crippen molar-refractivity contribution in [3.8, 4) is 5.75 Å². The van der Waals surface area contributed by atoms with Crippen LogP contribution < -0.4 is 19.7 Å². The Labute approximate surface area is 169 Å². The number of rotatable bonds is 5. The van der Waals surface area contributed by atoms with E-state index in [1.54, 1.807) is 30.6 Å². The zero-order valence-corrected chi connectivity index (χ0v) is 16.7. The molecule has 1 fully saturated rings. The van der Waals surface area contributed by atoms with Gasteiger partial charge in [0.05, 0.1) is 18.6 Å². The molecule has 0 unspecified atom stereocenters. The predicted molar refractivity (Wildman–Crippen MR) is 108 cm³/mol. The number of nitrogens with one attached hydrogen (secondary N) is 2. The molecule has 0 bridgehead atoms. The van der Waals surface area contributed by atoms with Gasteiger partial charge in [0.25, 0.3) is 0 Å². The first kappa shape index (κ1) is 20.6. The number of benzene rings is 1. The van der Waals surface area contributed by atoms with E-state index in [4.69, 9.17) is 4.74 Å². The van der Waals surface area contributed by atoms with Crippen molar-refractivity contribution in [1.29, 1.82) is 0 Å². The number of sulfonamides is 1. The highest BCUT2D eigenvalue weighted by molar-refractivity contribution is 7.92. The standard InChI is InChI=1S/C19H22N4O5S/c1-28-17-12-15(4-5-16(17)23-10-2-3-11-29(23,26)27)22-19(25)18(24)21-13-14-6-8-20-9-7-14/h4-9,12H,2-3,10-11,13H2,1H3,(H,21,24)(H,22,25). The van der Waals surface area contributed by atoms with Gasteiger partial charge in [0.15, 0.2) is 0 Å². The number of aromatic nitrogens is 1. The average Bonchev–Trinajstić information content (AvgIpc) is 2.72. The Morgan fingerprint density at radius 3 is 2.59 bits per heavy atom. The second-order valence-electron chi connectivity index (χ2n) is 6.47. The summed E-state index contributed by atoms with van der Waals surface area (Å²) in [6.07, 6.45) is 4.58. The van der Waals surface area contributed by atoms with E-state index < -0.39 is 21.8 Å². The quantitative estimate of drug-likeness (QED) is 0.706. The number of methoxy groups -OCH3 is 1. The van der Waals surface area contributed by atoms with Gasteiger partial charge in [-0.1, -0.05) is 0 Å². The molecular formula is C19H22N4O5S. The summed E-state index contributed by atoms with van der Waals surface area (Å²) in [5.74, 6) is -1.24. The molecule has 2 heterocycles. The summed E-state index contributed by atoms with van der Waals surface area (Å²) in [7, 11) is -1.98. The van der Waals surface area contributed by atoms with Crippen molar-refractivity contribution in [1.82, 2.24) is 10.3 Å². The van der Waals surface area contributed by atoms with Crippen molar-refractivity contribution in [2.75, 3.05) is 29.0 Å². The van der Waals surface area contributed by atoms with E-state index in [9.17, 15) is 18.0 Å². The van der Waals surface area contributed by atoms with Gasteiger partial charge in [-0.05, 0) is 42.7 Å². The van der Waals surface area contributed by atoms with E-state index in [2.05, 4.69) is 15.6 Å². The first-order valence-electron chi connectivity index (χ1n) is 9.07. The number of carbonyl (C=O) groups is 2. The maximum Gasteiger partial charge on any atom is 0.313 e. The van der Waals surface area contributed by atoms with E-state index in [1.165, 1.54) is 23.5 Å². The Balaban J connectivity index is 1.68. The summed E-state index contributed by atoms with van der Waals surface area (Å²) in [5.41, 5.74) is 1.55. The molecule has 1 aromatic heterocycles. The Bertz CT molecular complexity index is 995. The summed E-state index contributed by atoms with van der Waals surface area (Å²) < 4.78 is 31.3. The number of hydrogen-bond donors (Lipinski definition) is 2. The molecule has 1 aliphatic heterocycles. The number of hydrogen-bond acceptors (Lipinski definition) is 6. The van der Waals surface area contributed by atoms with Crippen LogP contribution in [-0.4, -0.2) is 44.6 Å². The topological polar surface area (TPSA) is 118 Å². The molecule has 2 N–H and O–H groups in total. The third kappa shape index (κ3) is 5.02. The molecule has 10 heteroatoms. The molecule has 9 nitrogen and oxygen atoms in total. The monoisotopic (exact) mass is 418 g/mol. The molecule has 1 saturated heterocycles. The molecule has 29 heavy (non-hydrogen) atoms. The molecule has 1 aliphatic rings. The Kier molecular flexibility index (Phi) is 6.32. The van der Waals surface area contributed by atoms with Gasteiger partial charge in [0.2, 0.25) is 10.0 Å². The molecular weight excluding hydrogens is 396 g/mol. The van der Waals surface area contributed by atoms with Crippen LogP contribution in [0.4, 0.5) is 11.4 Å². The van der Waals surface area contributed by atoms with Gasteiger partial charge >= 0.3 is 11.8 Å². The van der Waals surface area contributed by atoms with E-state index in [-0.39, 0.29) is 12.3 Å². The van der Waals surface area contributed by atoms with E-state index in [0.717, 1.165) is 12.0 Å². The Hall–Kier alpha value is -3.14. The van der Waals surface area contributed by atoms with Crippen molar-refractivity contribution in [2.45, 2.75) is 19.4 Å². The van der Waals surface area contributed by atoms with Gasteiger partial charge < -0.3 is 15.4 Å². The van der Waals surface area contributed by atoms with Gasteiger partial charge in [-0.3, -0.25) is 18.9 Å². The number of ether oxygens (including phenoxy) is 1. The smallest absolute Gasteiger partial charge is 0.313 e. The van der Waals surface area contributed by atoms with Crippen molar-refractivity contribution in [2.24, 2.45) is 0 Å². The lowest BCUT2D eigenvalue weighted by Gasteiger charge is -2.29. The van der Waals surface area contributed by atoms with E-state index >= 15 is 0 Å². The van der Waals surface area contributed by atoms with Gasteiger partial charge in [-0.25, -0.2) is 8.42 Å². The molecule has 3 rings (SSSR count). The summed E-state index contributed by atoms with van der Waals surface area (Å²) in [4.78, 5) is 28.0. The van der Waals surface area contributed by atoms with Crippen LogP contribution in [0.1, 0.15) is 18.4 Å². The molecule has 0 aliphatic carbocycles. The normalized spacial score (nSPS) is 15.4. The summed E-state index contributed by atoms with van der Waals surface area (Å²) in [5, 5.41) is 5.02. The maximum absolute atomic E-state index is 12.3. The second-order valence-corrected chi connectivity index (χ2v) is 8.49. The molecule has 154 valence electrons. The number of pyridine rings is 1. The summed E-state index contributed by atoms with van der Waals surface area (Å²) in [6.45, 7) is 0.575. The Morgan fingerprint density at radius 1 is 1.14 bits per heavy atom. The van der Waals surface area contributed by atoms with Crippen molar-refractivity contribution < 1.29 is 22.7 Å². The minimum atomic E-state index is -3.39. The SMILES string of the molecule is COc1cc(NC(=O)C(=O)NCc2ccncc2)ccc1N1CCCCS1(=O)=O. The van der Waals surface area contributed by atoms with Crippen LogP contribution in [0.25, 0.3) is 0 Å². The third-order valence-electron chi connectivity index (χ3n) is 4.46. The average molecular weight is 418 g/mol. The lowest BCUT2D eigenvalue weighted by Crippen LogP contribution is -2.38. The minimum Gasteiger partial charge on any atom is -0.494 e. The van der Waals surface area contributed by atoms with E-state index in [0.29, 0.717) is 30.1 Å². The molecule has 0 spiro atoms. The van der Waals surface area contributed by atoms with Crippen LogP contribution in [0.5, 0.6) is 5.75 Å². The van der Waals surface area contributed by atoms with Crippen molar-refractivity contribution in [3.05, 3.63) is 48.3 Å². The maximum atomic E-state index is 12.3. The molecule has 2 amide bonds. The van der Waals surface area contributed by atoms with Gasteiger partial charge in [0, 0.05) is 37.2 Å². The van der Waals surface area contributed by atoms with Crippen LogP contribution in [0.2, 0.25) is 0 Å². The van der Waals surface area contributed by atoms with Gasteiger partial charge in [-0.15, -0.1) is 0 Å². The number of amides is 2. The highest BCUT2D eigenvalue weighted by atomic mass is 32.2. The fraction of sp³-hybridized carbons (Fsp3) is 0.316. The lowest BCUT2D eigenvalue weighted by atomic mass is 10.2. The van der Waals surface area contributed by atoms with Crippen LogP contribution >= 0.6 is 0 Å². The van der Waals surface area contributed by atoms with Crippen molar-refractivity contribution >= 4 is 33.2 Å². The summed E-state index contributed by atoms with van der Waals surface area (Å²) in [6, 6.07) is 8.06. The van der Waals surface area contributed by atoms with Gasteiger partial charge in [0.1, 0.15) is 5.75 Å². The lowest BCUT2D eigenvalue weighted by molar-refractivity contribution is -0.136. The van der Waals surface area contributed by atoms with Crippen LogP contribution in [0, 0.1) is 0 Å². The van der Waals surface area contributed by atoms with Crippen LogP contribution in [0.3, 0.4) is 0 Å². The Morgan fingerprint density at radius 2 is 1.90 bits per heavy atom. The fourth-order valence-electron chi connectivity index (χ4n) is 2.97. The third-order valence-corrected chi connectivity index (χ3v) is 6.32. The van der Waals surface area contributed by atoms with Crippen LogP contribution in [0.15, 0.2) is 42.7 Å². The largest absolute Gasteiger partial charge is 0.494 e. The predicted octanol–water partition coefficient (Wildman–Crippen LogP) is 1.28. The number of anilines is 2. The highest BCUT2D eigenvalue weighted by Gasteiger charge is 2.28. The van der Waals surface area contributed by atoms with Crippen molar-refractivity contribution in [3.63, 3.8) is 0 Å². The first-order chi connectivity index (χ1) is 13.9. The van der Waals surface area contributed by atoms with Gasteiger partial charge in [-0.2, -0.15) is 0 Å². The second kappa shape index (κ2) is 8.91. The number of carbonyl (C=O) groups excluding carboxylic acids is 2. The minimum absolute atomic E-state index is 0.0896. The molecule has 2 aromatic rings. The fourth-order valence-corrected chi connectivity index (χ4v) is 4.62. The zero-order chi connectivity index (χ0) is 20.9. The molecule has 0 radical (unpaired) electrons. The van der Waals surface area contributed by atoms with E-state index in [1.807, 2.05) is 0 Å². The molecule has 0 atom stereocenters. The number of nitrogens with zero attached hydrogens (tertiary/aromatic N) is 2. The molecule has 0 saturated carbocycles. The summed E-state index contributed by atoms with van der Waals surface area (Å²) >= 11 is 0. The zero-order valence-electron chi connectivity index (χ0n) is 15.9. The highest BCUT2D eigenvalue weighted by Crippen LogP contribution is 2.34. The first-order valence-corrected chi connectivity index (χ1v) is 10.7.